The Morgan fingerprint density at radius 2 is 2.17 bits per heavy atom. The van der Waals surface area contributed by atoms with Crippen LogP contribution in [-0.2, 0) is 0 Å². The van der Waals surface area contributed by atoms with Crippen molar-refractivity contribution in [2.75, 3.05) is 6.54 Å². The summed E-state index contributed by atoms with van der Waals surface area (Å²) in [7, 11) is 0. The summed E-state index contributed by atoms with van der Waals surface area (Å²) in [5.74, 6) is 0.591. The maximum Gasteiger partial charge on any atom is 0.268 e. The van der Waals surface area contributed by atoms with Gasteiger partial charge in [0.2, 0.25) is 0 Å². The van der Waals surface area contributed by atoms with Crippen molar-refractivity contribution < 1.29 is 4.79 Å². The van der Waals surface area contributed by atoms with Gasteiger partial charge in [-0.15, -0.1) is 0 Å². The molecule has 23 heavy (non-hydrogen) atoms. The maximum absolute atomic E-state index is 12.3. The van der Waals surface area contributed by atoms with Gasteiger partial charge in [0.05, 0.1) is 30.3 Å². The standard InChI is InChI=1S/C16H14ClN5O/c17-14-6-9-5-12(20-13(9)7-18-14)16(23)19-8-15-21-10-3-1-2-4-11(10)22-15/h1-7,10-11,20H,8H2,(H,19,23)(H,21,22). The Morgan fingerprint density at radius 1 is 1.30 bits per heavy atom. The van der Waals surface area contributed by atoms with Gasteiger partial charge >= 0.3 is 0 Å². The second-order valence-electron chi connectivity index (χ2n) is 5.47. The van der Waals surface area contributed by atoms with Gasteiger partial charge in [-0.2, -0.15) is 0 Å². The summed E-state index contributed by atoms with van der Waals surface area (Å²) in [6.45, 7) is 0.363. The van der Waals surface area contributed by atoms with E-state index in [1.807, 2.05) is 18.2 Å². The van der Waals surface area contributed by atoms with Crippen LogP contribution in [-0.4, -0.2) is 40.3 Å². The smallest absolute Gasteiger partial charge is 0.268 e. The average molecular weight is 328 g/mol. The lowest BCUT2D eigenvalue weighted by atomic mass is 10.1. The molecule has 3 heterocycles. The number of aliphatic imine (C=N–C) groups is 1. The number of hydrogen-bond donors (Lipinski definition) is 3. The van der Waals surface area contributed by atoms with Crippen LogP contribution in [0.25, 0.3) is 10.9 Å². The van der Waals surface area contributed by atoms with E-state index in [1.165, 1.54) is 0 Å². The molecular formula is C16H14ClN5O. The molecule has 1 aliphatic carbocycles. The number of nitrogens with zero attached hydrogens (tertiary/aromatic N) is 2. The number of hydrogen-bond acceptors (Lipinski definition) is 4. The van der Waals surface area contributed by atoms with Crippen molar-refractivity contribution in [2.24, 2.45) is 4.99 Å². The third kappa shape index (κ3) is 2.73. The lowest BCUT2D eigenvalue weighted by molar-refractivity contribution is 0.0955. The van der Waals surface area contributed by atoms with Crippen molar-refractivity contribution in [3.8, 4) is 0 Å². The maximum atomic E-state index is 12.3. The highest BCUT2D eigenvalue weighted by Gasteiger charge is 2.25. The van der Waals surface area contributed by atoms with Gasteiger partial charge in [0.1, 0.15) is 16.7 Å². The van der Waals surface area contributed by atoms with Crippen LogP contribution in [0.2, 0.25) is 5.15 Å². The monoisotopic (exact) mass is 327 g/mol. The first-order valence-electron chi connectivity index (χ1n) is 7.30. The number of nitrogens with one attached hydrogen (secondary N) is 3. The number of amidine groups is 1. The Morgan fingerprint density at radius 3 is 3.04 bits per heavy atom. The predicted octanol–water partition coefficient (Wildman–Crippen LogP) is 1.81. The summed E-state index contributed by atoms with van der Waals surface area (Å²) in [4.78, 5) is 23.8. The van der Waals surface area contributed by atoms with Gasteiger partial charge in [0.25, 0.3) is 5.91 Å². The zero-order valence-corrected chi connectivity index (χ0v) is 12.8. The third-order valence-electron chi connectivity index (χ3n) is 3.88. The van der Waals surface area contributed by atoms with Crippen molar-refractivity contribution in [1.82, 2.24) is 20.6 Å². The Labute approximate surface area is 137 Å². The van der Waals surface area contributed by atoms with E-state index in [2.05, 4.69) is 31.7 Å². The van der Waals surface area contributed by atoms with E-state index in [9.17, 15) is 4.79 Å². The summed E-state index contributed by atoms with van der Waals surface area (Å²) in [5.41, 5.74) is 1.25. The fourth-order valence-electron chi connectivity index (χ4n) is 2.74. The molecule has 0 radical (unpaired) electrons. The molecule has 0 saturated carbocycles. The first-order valence-corrected chi connectivity index (χ1v) is 7.67. The number of fused-ring (bicyclic) bond motifs is 2. The molecule has 0 spiro atoms. The van der Waals surface area contributed by atoms with Gasteiger partial charge in [-0.05, 0) is 12.1 Å². The summed E-state index contributed by atoms with van der Waals surface area (Å²) in [6.07, 6.45) is 9.70. The summed E-state index contributed by atoms with van der Waals surface area (Å²) in [5, 5.41) is 7.41. The molecule has 6 nitrogen and oxygen atoms in total. The highest BCUT2D eigenvalue weighted by molar-refractivity contribution is 6.30. The second kappa shape index (κ2) is 5.55. The molecule has 2 atom stereocenters. The van der Waals surface area contributed by atoms with E-state index in [0.29, 0.717) is 17.4 Å². The van der Waals surface area contributed by atoms with E-state index in [4.69, 9.17) is 11.6 Å². The third-order valence-corrected chi connectivity index (χ3v) is 4.08. The van der Waals surface area contributed by atoms with Crippen LogP contribution in [0.15, 0.2) is 47.6 Å². The van der Waals surface area contributed by atoms with Crippen molar-refractivity contribution in [3.63, 3.8) is 0 Å². The highest BCUT2D eigenvalue weighted by atomic mass is 35.5. The van der Waals surface area contributed by atoms with Crippen molar-refractivity contribution in [3.05, 3.63) is 53.5 Å². The molecule has 7 heteroatoms. The lowest BCUT2D eigenvalue weighted by Crippen LogP contribution is -2.39. The first-order chi connectivity index (χ1) is 11.2. The number of H-pyrrole nitrogens is 1. The number of amides is 1. The van der Waals surface area contributed by atoms with Crippen molar-refractivity contribution in [1.29, 1.82) is 0 Å². The fourth-order valence-corrected chi connectivity index (χ4v) is 2.91. The molecule has 0 bridgehead atoms. The fraction of sp³-hybridized carbons (Fsp3) is 0.188. The van der Waals surface area contributed by atoms with E-state index in [-0.39, 0.29) is 18.0 Å². The summed E-state index contributed by atoms with van der Waals surface area (Å²) in [6, 6.07) is 3.78. The molecule has 2 aromatic heterocycles. The second-order valence-corrected chi connectivity index (χ2v) is 5.85. The van der Waals surface area contributed by atoms with Crippen LogP contribution in [0.3, 0.4) is 0 Å². The topological polar surface area (TPSA) is 82.2 Å². The van der Waals surface area contributed by atoms with Crippen LogP contribution in [0.5, 0.6) is 0 Å². The Balaban J connectivity index is 1.43. The number of halogens is 1. The van der Waals surface area contributed by atoms with E-state index in [1.54, 1.807) is 18.3 Å². The van der Waals surface area contributed by atoms with E-state index < -0.39 is 0 Å². The van der Waals surface area contributed by atoms with Gasteiger partial charge < -0.3 is 15.6 Å². The number of aromatic amines is 1. The van der Waals surface area contributed by atoms with Crippen LogP contribution in [0, 0.1) is 0 Å². The predicted molar refractivity (Wildman–Crippen MR) is 89.9 cm³/mol. The minimum atomic E-state index is -0.192. The zero-order valence-electron chi connectivity index (χ0n) is 12.1. The summed E-state index contributed by atoms with van der Waals surface area (Å²) < 4.78 is 0. The molecule has 1 aliphatic heterocycles. The molecule has 4 rings (SSSR count). The molecule has 1 amide bonds. The minimum Gasteiger partial charge on any atom is -0.364 e. The quantitative estimate of drug-likeness (QED) is 0.752. The molecule has 0 fully saturated rings. The number of rotatable bonds is 3. The summed E-state index contributed by atoms with van der Waals surface area (Å²) >= 11 is 5.85. The van der Waals surface area contributed by atoms with Crippen LogP contribution in [0.1, 0.15) is 10.5 Å². The average Bonchev–Trinajstić information content (AvgIpc) is 3.15. The molecule has 0 aromatic carbocycles. The number of aromatic nitrogens is 2. The van der Waals surface area contributed by atoms with Gasteiger partial charge in [-0.25, -0.2) is 4.98 Å². The Kier molecular flexibility index (Phi) is 3.38. The van der Waals surface area contributed by atoms with Crippen molar-refractivity contribution in [2.45, 2.75) is 12.1 Å². The van der Waals surface area contributed by atoms with Crippen LogP contribution < -0.4 is 10.6 Å². The van der Waals surface area contributed by atoms with Gasteiger partial charge in [0, 0.05) is 5.39 Å². The molecular weight excluding hydrogens is 314 g/mol. The number of pyridine rings is 1. The van der Waals surface area contributed by atoms with Crippen LogP contribution >= 0.6 is 11.6 Å². The SMILES string of the molecule is O=C(NCC1=NC2C=CC=CC2N1)c1cc2cc(Cl)ncc2[nH]1. The minimum absolute atomic E-state index is 0.119. The Hall–Kier alpha value is -2.60. The van der Waals surface area contributed by atoms with Gasteiger partial charge in [-0.3, -0.25) is 9.79 Å². The molecule has 0 saturated heterocycles. The first kappa shape index (κ1) is 14.0. The molecule has 3 N–H and O–H groups in total. The van der Waals surface area contributed by atoms with Gasteiger partial charge in [-0.1, -0.05) is 35.9 Å². The number of carbonyl (C=O) groups excluding carboxylic acids is 1. The van der Waals surface area contributed by atoms with E-state index >= 15 is 0 Å². The largest absolute Gasteiger partial charge is 0.364 e. The normalized spacial score (nSPS) is 21.9. The van der Waals surface area contributed by atoms with Crippen molar-refractivity contribution >= 4 is 34.2 Å². The molecule has 2 aromatic rings. The lowest BCUT2D eigenvalue weighted by Gasteiger charge is -2.13. The molecule has 116 valence electrons. The number of carbonyl (C=O) groups is 1. The van der Waals surface area contributed by atoms with Gasteiger partial charge in [0.15, 0.2) is 0 Å². The Bertz CT molecular complexity index is 866. The zero-order chi connectivity index (χ0) is 15.8. The molecule has 2 unspecified atom stereocenters. The van der Waals surface area contributed by atoms with Crippen LogP contribution in [0.4, 0.5) is 0 Å². The highest BCUT2D eigenvalue weighted by Crippen LogP contribution is 2.18. The van der Waals surface area contributed by atoms with E-state index in [0.717, 1.165) is 16.7 Å². The number of allylic oxidation sites excluding steroid dienone is 2. The molecule has 2 aliphatic rings.